The number of carbonyl (C=O) groups excluding carboxylic acids is 1. The monoisotopic (exact) mass is 362 g/mol. The standard InChI is InChI=1S/C18H26N4O2S/c1-13(2)12-22-16(20-21-18(22)25-3)5-4-10-19-17(24)11-14-6-8-15(23)9-7-14/h6-9,13,23H,4-5,10-12H2,1-3H3,(H,19,24). The second-order valence-electron chi connectivity index (χ2n) is 6.40. The molecular formula is C18H26N4O2S. The van der Waals surface area contributed by atoms with E-state index >= 15 is 0 Å². The summed E-state index contributed by atoms with van der Waals surface area (Å²) in [5.74, 6) is 1.70. The Morgan fingerprint density at radius 1 is 1.28 bits per heavy atom. The summed E-state index contributed by atoms with van der Waals surface area (Å²) in [7, 11) is 0. The van der Waals surface area contributed by atoms with Crippen LogP contribution in [0.1, 0.15) is 31.7 Å². The minimum Gasteiger partial charge on any atom is -0.508 e. The van der Waals surface area contributed by atoms with E-state index in [1.807, 2.05) is 6.26 Å². The van der Waals surface area contributed by atoms with Crippen LogP contribution in [0.3, 0.4) is 0 Å². The van der Waals surface area contributed by atoms with Crippen molar-refractivity contribution in [3.63, 3.8) is 0 Å². The molecular weight excluding hydrogens is 336 g/mol. The van der Waals surface area contributed by atoms with Crippen molar-refractivity contribution in [3.8, 4) is 5.75 Å². The SMILES string of the molecule is CSc1nnc(CCCNC(=O)Cc2ccc(O)cc2)n1CC(C)C. The van der Waals surface area contributed by atoms with E-state index in [1.54, 1.807) is 36.0 Å². The summed E-state index contributed by atoms with van der Waals surface area (Å²) in [6.45, 7) is 5.88. The molecule has 0 saturated heterocycles. The maximum atomic E-state index is 12.0. The molecule has 0 aliphatic rings. The second-order valence-corrected chi connectivity index (χ2v) is 7.18. The third-order valence-electron chi connectivity index (χ3n) is 3.72. The lowest BCUT2D eigenvalue weighted by Gasteiger charge is -2.11. The lowest BCUT2D eigenvalue weighted by molar-refractivity contribution is -0.120. The van der Waals surface area contributed by atoms with Crippen LogP contribution in [0.4, 0.5) is 0 Å². The highest BCUT2D eigenvalue weighted by molar-refractivity contribution is 7.98. The van der Waals surface area contributed by atoms with Crippen molar-refractivity contribution in [1.29, 1.82) is 0 Å². The first-order valence-electron chi connectivity index (χ1n) is 8.50. The van der Waals surface area contributed by atoms with E-state index in [-0.39, 0.29) is 11.7 Å². The fraction of sp³-hybridized carbons (Fsp3) is 0.500. The first-order valence-corrected chi connectivity index (χ1v) is 9.72. The van der Waals surface area contributed by atoms with Crippen molar-refractivity contribution in [2.24, 2.45) is 5.92 Å². The molecule has 0 saturated carbocycles. The van der Waals surface area contributed by atoms with E-state index in [2.05, 4.69) is 33.9 Å². The Morgan fingerprint density at radius 2 is 2.00 bits per heavy atom. The number of benzene rings is 1. The number of hydrogen-bond acceptors (Lipinski definition) is 5. The van der Waals surface area contributed by atoms with Crippen LogP contribution in [-0.2, 0) is 24.2 Å². The lowest BCUT2D eigenvalue weighted by Crippen LogP contribution is -2.26. The Morgan fingerprint density at radius 3 is 2.64 bits per heavy atom. The van der Waals surface area contributed by atoms with Gasteiger partial charge in [-0.05, 0) is 36.3 Å². The number of rotatable bonds is 9. The van der Waals surface area contributed by atoms with Crippen LogP contribution in [0.15, 0.2) is 29.4 Å². The van der Waals surface area contributed by atoms with Gasteiger partial charge in [-0.25, -0.2) is 0 Å². The summed E-state index contributed by atoms with van der Waals surface area (Å²) in [4.78, 5) is 12.0. The predicted molar refractivity (Wildman–Crippen MR) is 99.8 cm³/mol. The van der Waals surface area contributed by atoms with Gasteiger partial charge in [-0.1, -0.05) is 37.7 Å². The number of hydrogen-bond donors (Lipinski definition) is 2. The third-order valence-corrected chi connectivity index (χ3v) is 4.39. The average molecular weight is 362 g/mol. The molecule has 0 spiro atoms. The minimum absolute atomic E-state index is 0.0147. The van der Waals surface area contributed by atoms with Crippen molar-refractivity contribution < 1.29 is 9.90 Å². The zero-order valence-corrected chi connectivity index (χ0v) is 15.8. The fourth-order valence-corrected chi connectivity index (χ4v) is 3.06. The normalized spacial score (nSPS) is 11.0. The van der Waals surface area contributed by atoms with Crippen LogP contribution in [0.2, 0.25) is 0 Å². The number of carbonyl (C=O) groups is 1. The van der Waals surface area contributed by atoms with Crippen molar-refractivity contribution >= 4 is 17.7 Å². The van der Waals surface area contributed by atoms with Gasteiger partial charge < -0.3 is 15.0 Å². The molecule has 136 valence electrons. The van der Waals surface area contributed by atoms with Gasteiger partial charge in [0.25, 0.3) is 0 Å². The van der Waals surface area contributed by atoms with Crippen molar-refractivity contribution in [2.75, 3.05) is 12.8 Å². The van der Waals surface area contributed by atoms with Crippen LogP contribution < -0.4 is 5.32 Å². The molecule has 0 radical (unpaired) electrons. The molecule has 2 aromatic rings. The molecule has 0 bridgehead atoms. The van der Waals surface area contributed by atoms with E-state index in [9.17, 15) is 9.90 Å². The number of aromatic hydroxyl groups is 1. The smallest absolute Gasteiger partial charge is 0.224 e. The van der Waals surface area contributed by atoms with Crippen molar-refractivity contribution in [1.82, 2.24) is 20.1 Å². The van der Waals surface area contributed by atoms with E-state index in [1.165, 1.54) is 0 Å². The largest absolute Gasteiger partial charge is 0.508 e. The molecule has 1 heterocycles. The number of aryl methyl sites for hydroxylation is 1. The number of thioether (sulfide) groups is 1. The van der Waals surface area contributed by atoms with Gasteiger partial charge in [0.15, 0.2) is 5.16 Å². The molecule has 25 heavy (non-hydrogen) atoms. The Labute approximate surface area is 153 Å². The number of amides is 1. The Bertz CT molecular complexity index is 683. The molecule has 0 aliphatic carbocycles. The Balaban J connectivity index is 1.78. The number of nitrogens with zero attached hydrogens (tertiary/aromatic N) is 3. The van der Waals surface area contributed by atoms with E-state index in [0.29, 0.717) is 18.9 Å². The summed E-state index contributed by atoms with van der Waals surface area (Å²) >= 11 is 1.61. The van der Waals surface area contributed by atoms with Crippen molar-refractivity contribution in [2.45, 2.75) is 44.8 Å². The molecule has 6 nitrogen and oxygen atoms in total. The first kappa shape index (κ1) is 19.3. The quantitative estimate of drug-likeness (QED) is 0.529. The highest BCUT2D eigenvalue weighted by Crippen LogP contribution is 2.16. The first-order chi connectivity index (χ1) is 12.0. The second kappa shape index (κ2) is 9.46. The van der Waals surface area contributed by atoms with Gasteiger partial charge in [0.1, 0.15) is 11.6 Å². The predicted octanol–water partition coefficient (Wildman–Crippen LogP) is 2.65. The van der Waals surface area contributed by atoms with Gasteiger partial charge in [0, 0.05) is 19.5 Å². The molecule has 2 rings (SSSR count). The summed E-state index contributed by atoms with van der Waals surface area (Å²) in [6.07, 6.45) is 3.94. The molecule has 1 amide bonds. The van der Waals surface area contributed by atoms with Gasteiger partial charge in [0.2, 0.25) is 5.91 Å². The maximum Gasteiger partial charge on any atom is 0.224 e. The maximum absolute atomic E-state index is 12.0. The van der Waals surface area contributed by atoms with Crippen molar-refractivity contribution in [3.05, 3.63) is 35.7 Å². The highest BCUT2D eigenvalue weighted by atomic mass is 32.2. The molecule has 7 heteroatoms. The van der Waals surface area contributed by atoms with Crippen LogP contribution >= 0.6 is 11.8 Å². The van der Waals surface area contributed by atoms with Gasteiger partial charge in [0.05, 0.1) is 6.42 Å². The van der Waals surface area contributed by atoms with Crippen LogP contribution in [0, 0.1) is 5.92 Å². The molecule has 0 unspecified atom stereocenters. The van der Waals surface area contributed by atoms with Crippen LogP contribution in [0.5, 0.6) is 5.75 Å². The number of aromatic nitrogens is 3. The van der Waals surface area contributed by atoms with E-state index < -0.39 is 0 Å². The third kappa shape index (κ3) is 6.08. The van der Waals surface area contributed by atoms with Gasteiger partial charge >= 0.3 is 0 Å². The molecule has 0 aliphatic heterocycles. The number of phenolic OH excluding ortho intramolecular Hbond substituents is 1. The van der Waals surface area contributed by atoms with Gasteiger partial charge in [-0.3, -0.25) is 4.79 Å². The van der Waals surface area contributed by atoms with E-state index in [4.69, 9.17) is 0 Å². The average Bonchev–Trinajstić information content (AvgIpc) is 2.95. The fourth-order valence-electron chi connectivity index (χ4n) is 2.54. The molecule has 2 N–H and O–H groups in total. The molecule has 1 aromatic carbocycles. The lowest BCUT2D eigenvalue weighted by atomic mass is 10.1. The number of nitrogens with one attached hydrogen (secondary N) is 1. The zero-order valence-electron chi connectivity index (χ0n) is 15.0. The van der Waals surface area contributed by atoms with Crippen LogP contribution in [-0.4, -0.2) is 38.6 Å². The summed E-state index contributed by atoms with van der Waals surface area (Å²) < 4.78 is 2.17. The topological polar surface area (TPSA) is 80.0 Å². The minimum atomic E-state index is -0.0147. The summed E-state index contributed by atoms with van der Waals surface area (Å²) in [5, 5.41) is 21.7. The zero-order chi connectivity index (χ0) is 18.2. The summed E-state index contributed by atoms with van der Waals surface area (Å²) in [6, 6.07) is 6.70. The van der Waals surface area contributed by atoms with E-state index in [0.717, 1.165) is 35.9 Å². The summed E-state index contributed by atoms with van der Waals surface area (Å²) in [5.41, 5.74) is 0.886. The molecule has 0 fully saturated rings. The Kier molecular flexibility index (Phi) is 7.31. The van der Waals surface area contributed by atoms with Crippen LogP contribution in [0.25, 0.3) is 0 Å². The number of phenols is 1. The molecule has 1 aromatic heterocycles. The van der Waals surface area contributed by atoms with Gasteiger partial charge in [-0.2, -0.15) is 0 Å². The Hall–Kier alpha value is -2.02. The molecule has 0 atom stereocenters. The van der Waals surface area contributed by atoms with Gasteiger partial charge in [-0.15, -0.1) is 10.2 Å². The highest BCUT2D eigenvalue weighted by Gasteiger charge is 2.12.